The number of rotatable bonds is 5. The van der Waals surface area contributed by atoms with Crippen LogP contribution in [-0.4, -0.2) is 12.1 Å². The van der Waals surface area contributed by atoms with Gasteiger partial charge in [0.15, 0.2) is 0 Å². The first-order chi connectivity index (χ1) is 7.76. The zero-order chi connectivity index (χ0) is 11.4. The minimum atomic E-state index is 0.0734. The summed E-state index contributed by atoms with van der Waals surface area (Å²) in [6.45, 7) is 2.85. The topological polar surface area (TPSA) is 35.2 Å². The van der Waals surface area contributed by atoms with Crippen LogP contribution in [0.2, 0.25) is 0 Å². The molecule has 1 aromatic carbocycles. The molecular formula is C14H21NO. The van der Waals surface area contributed by atoms with Crippen molar-refractivity contribution in [1.29, 1.82) is 0 Å². The maximum absolute atomic E-state index is 6.22. The Morgan fingerprint density at radius 3 is 2.50 bits per heavy atom. The lowest BCUT2D eigenvalue weighted by Crippen LogP contribution is -2.42. The van der Waals surface area contributed by atoms with Gasteiger partial charge in [-0.05, 0) is 44.7 Å². The molecule has 0 bridgehead atoms. The van der Waals surface area contributed by atoms with Crippen LogP contribution in [0.1, 0.15) is 44.3 Å². The highest BCUT2D eigenvalue weighted by atomic mass is 16.5. The zero-order valence-electron chi connectivity index (χ0n) is 9.99. The van der Waals surface area contributed by atoms with E-state index in [0.29, 0.717) is 0 Å². The second-order valence-electron chi connectivity index (χ2n) is 4.75. The van der Waals surface area contributed by atoms with Gasteiger partial charge in [-0.15, -0.1) is 0 Å². The molecule has 0 radical (unpaired) electrons. The van der Waals surface area contributed by atoms with Gasteiger partial charge in [-0.1, -0.05) is 30.3 Å². The zero-order valence-corrected chi connectivity index (χ0v) is 9.99. The molecule has 1 aliphatic rings. The van der Waals surface area contributed by atoms with Crippen molar-refractivity contribution in [2.45, 2.75) is 44.3 Å². The number of hydrogen-bond acceptors (Lipinski definition) is 2. The van der Waals surface area contributed by atoms with E-state index in [1.54, 1.807) is 0 Å². The lowest BCUT2D eigenvalue weighted by atomic mass is 9.77. The Morgan fingerprint density at radius 2 is 2.00 bits per heavy atom. The van der Waals surface area contributed by atoms with Crippen LogP contribution >= 0.6 is 0 Å². The van der Waals surface area contributed by atoms with Crippen molar-refractivity contribution in [2.24, 2.45) is 5.73 Å². The third-order valence-electron chi connectivity index (χ3n) is 3.56. The van der Waals surface area contributed by atoms with E-state index in [1.165, 1.54) is 24.8 Å². The lowest BCUT2D eigenvalue weighted by molar-refractivity contribution is -0.138. The molecule has 1 aliphatic carbocycles. The molecule has 16 heavy (non-hydrogen) atoms. The fourth-order valence-corrected chi connectivity index (χ4v) is 2.43. The summed E-state index contributed by atoms with van der Waals surface area (Å²) < 4.78 is 6.22. The molecule has 0 aromatic heterocycles. The summed E-state index contributed by atoms with van der Waals surface area (Å²) in [6, 6.07) is 10.4. The van der Waals surface area contributed by atoms with Gasteiger partial charge in [-0.2, -0.15) is 0 Å². The molecule has 88 valence electrons. The van der Waals surface area contributed by atoms with E-state index in [4.69, 9.17) is 10.5 Å². The standard InChI is InChI=1S/C14H21NO/c1-12(13-6-3-2-4-7-13)16-14(10-11-15)8-5-9-14/h2-4,6-7,12H,5,8-11,15H2,1H3. The predicted molar refractivity (Wildman–Crippen MR) is 66.2 cm³/mol. The summed E-state index contributed by atoms with van der Waals surface area (Å²) >= 11 is 0. The Morgan fingerprint density at radius 1 is 1.31 bits per heavy atom. The SMILES string of the molecule is CC(OC1(CCN)CCC1)c1ccccc1. The van der Waals surface area contributed by atoms with Crippen LogP contribution in [-0.2, 0) is 4.74 Å². The van der Waals surface area contributed by atoms with Gasteiger partial charge in [0.1, 0.15) is 0 Å². The van der Waals surface area contributed by atoms with Gasteiger partial charge in [0.2, 0.25) is 0 Å². The molecule has 1 atom stereocenters. The molecule has 1 saturated carbocycles. The van der Waals surface area contributed by atoms with Crippen LogP contribution in [0.3, 0.4) is 0 Å². The molecule has 2 rings (SSSR count). The van der Waals surface area contributed by atoms with Gasteiger partial charge in [0.05, 0.1) is 11.7 Å². The van der Waals surface area contributed by atoms with Crippen molar-refractivity contribution in [3.8, 4) is 0 Å². The average molecular weight is 219 g/mol. The average Bonchev–Trinajstić information content (AvgIpc) is 2.27. The van der Waals surface area contributed by atoms with Crippen LogP contribution in [0.4, 0.5) is 0 Å². The van der Waals surface area contributed by atoms with Crippen molar-refractivity contribution in [1.82, 2.24) is 0 Å². The van der Waals surface area contributed by atoms with Gasteiger partial charge in [-0.3, -0.25) is 0 Å². The van der Waals surface area contributed by atoms with Crippen molar-refractivity contribution < 1.29 is 4.74 Å². The third-order valence-corrected chi connectivity index (χ3v) is 3.56. The van der Waals surface area contributed by atoms with Gasteiger partial charge in [-0.25, -0.2) is 0 Å². The summed E-state index contributed by atoms with van der Waals surface area (Å²) in [6.07, 6.45) is 4.78. The van der Waals surface area contributed by atoms with Crippen molar-refractivity contribution in [3.05, 3.63) is 35.9 Å². The van der Waals surface area contributed by atoms with Crippen molar-refractivity contribution in [2.75, 3.05) is 6.54 Å². The summed E-state index contributed by atoms with van der Waals surface area (Å²) in [5, 5.41) is 0. The molecule has 2 nitrogen and oxygen atoms in total. The first-order valence-electron chi connectivity index (χ1n) is 6.19. The molecule has 1 fully saturated rings. The smallest absolute Gasteiger partial charge is 0.0804 e. The molecule has 2 heteroatoms. The molecule has 1 aromatic rings. The van der Waals surface area contributed by atoms with Crippen LogP contribution in [0.15, 0.2) is 30.3 Å². The Bertz CT molecular complexity index is 319. The predicted octanol–water partition coefficient (Wildman–Crippen LogP) is 3.04. The number of benzene rings is 1. The number of ether oxygens (including phenoxy) is 1. The summed E-state index contributed by atoms with van der Waals surface area (Å²) in [5.41, 5.74) is 6.99. The quantitative estimate of drug-likeness (QED) is 0.826. The lowest BCUT2D eigenvalue weighted by Gasteiger charge is -2.43. The highest BCUT2D eigenvalue weighted by Crippen LogP contribution is 2.41. The second-order valence-corrected chi connectivity index (χ2v) is 4.75. The minimum Gasteiger partial charge on any atom is -0.367 e. The molecule has 0 heterocycles. The Balaban J connectivity index is 1.98. The van der Waals surface area contributed by atoms with Crippen LogP contribution < -0.4 is 5.73 Å². The first kappa shape index (κ1) is 11.6. The highest BCUT2D eigenvalue weighted by Gasteiger charge is 2.38. The van der Waals surface area contributed by atoms with Crippen LogP contribution in [0, 0.1) is 0 Å². The van der Waals surface area contributed by atoms with E-state index in [0.717, 1.165) is 13.0 Å². The van der Waals surface area contributed by atoms with E-state index in [-0.39, 0.29) is 11.7 Å². The van der Waals surface area contributed by atoms with E-state index in [1.807, 2.05) is 6.07 Å². The van der Waals surface area contributed by atoms with E-state index in [9.17, 15) is 0 Å². The molecular weight excluding hydrogens is 198 g/mol. The van der Waals surface area contributed by atoms with Crippen LogP contribution in [0.25, 0.3) is 0 Å². The van der Waals surface area contributed by atoms with Crippen LogP contribution in [0.5, 0.6) is 0 Å². The van der Waals surface area contributed by atoms with E-state index >= 15 is 0 Å². The molecule has 0 saturated heterocycles. The molecule has 0 amide bonds. The van der Waals surface area contributed by atoms with Gasteiger partial charge in [0, 0.05) is 0 Å². The number of nitrogens with two attached hydrogens (primary N) is 1. The monoisotopic (exact) mass is 219 g/mol. The van der Waals surface area contributed by atoms with Crippen molar-refractivity contribution >= 4 is 0 Å². The maximum Gasteiger partial charge on any atom is 0.0804 e. The summed E-state index contributed by atoms with van der Waals surface area (Å²) in [4.78, 5) is 0. The fourth-order valence-electron chi connectivity index (χ4n) is 2.43. The van der Waals surface area contributed by atoms with E-state index < -0.39 is 0 Å². The normalized spacial score (nSPS) is 20.1. The van der Waals surface area contributed by atoms with Crippen molar-refractivity contribution in [3.63, 3.8) is 0 Å². The molecule has 0 aliphatic heterocycles. The molecule has 0 spiro atoms. The highest BCUT2D eigenvalue weighted by molar-refractivity contribution is 5.17. The van der Waals surface area contributed by atoms with E-state index in [2.05, 4.69) is 31.2 Å². The largest absolute Gasteiger partial charge is 0.367 e. The summed E-state index contributed by atoms with van der Waals surface area (Å²) in [7, 11) is 0. The second kappa shape index (κ2) is 4.98. The first-order valence-corrected chi connectivity index (χ1v) is 6.19. The Hall–Kier alpha value is -0.860. The Kier molecular flexibility index (Phi) is 3.62. The third kappa shape index (κ3) is 2.45. The number of hydrogen-bond donors (Lipinski definition) is 1. The fraction of sp³-hybridized carbons (Fsp3) is 0.571. The molecule has 1 unspecified atom stereocenters. The van der Waals surface area contributed by atoms with Gasteiger partial charge >= 0.3 is 0 Å². The Labute approximate surface area is 97.8 Å². The van der Waals surface area contributed by atoms with Gasteiger partial charge in [0.25, 0.3) is 0 Å². The maximum atomic E-state index is 6.22. The molecule has 2 N–H and O–H groups in total. The summed E-state index contributed by atoms with van der Waals surface area (Å²) in [5.74, 6) is 0. The van der Waals surface area contributed by atoms with Gasteiger partial charge < -0.3 is 10.5 Å². The minimum absolute atomic E-state index is 0.0734.